The first-order valence-electron chi connectivity index (χ1n) is 10.2. The van der Waals surface area contributed by atoms with Crippen LogP contribution in [-0.4, -0.2) is 100 Å². The molecule has 2 aromatic rings. The highest BCUT2D eigenvalue weighted by Crippen LogP contribution is 2.23. The lowest BCUT2D eigenvalue weighted by molar-refractivity contribution is -0.134. The maximum absolute atomic E-state index is 13.4. The lowest BCUT2D eigenvalue weighted by Gasteiger charge is -2.35. The minimum Gasteiger partial charge on any atom is -0.395 e. The van der Waals surface area contributed by atoms with E-state index in [-0.39, 0.29) is 17.7 Å². The van der Waals surface area contributed by atoms with Crippen LogP contribution >= 0.6 is 0 Å². The Kier molecular flexibility index (Phi) is 5.76. The van der Waals surface area contributed by atoms with Gasteiger partial charge in [-0.15, -0.1) is 0 Å². The van der Waals surface area contributed by atoms with Gasteiger partial charge in [0.15, 0.2) is 0 Å². The standard InChI is InChI=1S/C21H24N6O5/c1-23-18(29)15(19(30)24(2)21(23)32)13-14-17(26-9-7-25(8-10-26)11-12-28)22-16-5-3-4-6-27(16)20(14)31/h3-6,13,28H,7-12H2,1-2H3. The summed E-state index contributed by atoms with van der Waals surface area (Å²) in [4.78, 5) is 61.2. The van der Waals surface area contributed by atoms with Crippen LogP contribution in [0.3, 0.4) is 0 Å². The van der Waals surface area contributed by atoms with Gasteiger partial charge in [0.1, 0.15) is 17.0 Å². The zero-order chi connectivity index (χ0) is 23.0. The molecule has 2 fully saturated rings. The van der Waals surface area contributed by atoms with E-state index in [1.807, 2.05) is 4.90 Å². The number of imide groups is 2. The highest BCUT2D eigenvalue weighted by molar-refractivity contribution is 6.30. The second-order valence-electron chi connectivity index (χ2n) is 7.70. The second-order valence-corrected chi connectivity index (χ2v) is 7.70. The molecule has 4 heterocycles. The third-order valence-electron chi connectivity index (χ3n) is 5.77. The van der Waals surface area contributed by atoms with E-state index < -0.39 is 23.4 Å². The molecule has 0 saturated carbocycles. The van der Waals surface area contributed by atoms with Crippen LogP contribution in [0.5, 0.6) is 0 Å². The summed E-state index contributed by atoms with van der Waals surface area (Å²) in [7, 11) is 2.57. The molecule has 0 aliphatic carbocycles. The molecule has 2 aliphatic rings. The Labute approximate surface area is 183 Å². The van der Waals surface area contributed by atoms with Crippen molar-refractivity contribution in [3.05, 3.63) is 45.9 Å². The van der Waals surface area contributed by atoms with Gasteiger partial charge in [0.05, 0.1) is 12.2 Å². The van der Waals surface area contributed by atoms with E-state index in [2.05, 4.69) is 9.88 Å². The molecule has 0 atom stereocenters. The number of hydrogen-bond acceptors (Lipinski definition) is 8. The Balaban J connectivity index is 1.84. The molecule has 168 valence electrons. The van der Waals surface area contributed by atoms with Crippen LogP contribution in [0.2, 0.25) is 0 Å². The number of amides is 4. The summed E-state index contributed by atoms with van der Waals surface area (Å²) >= 11 is 0. The molecule has 1 N–H and O–H groups in total. The molecule has 0 aromatic carbocycles. The van der Waals surface area contributed by atoms with Crippen LogP contribution in [-0.2, 0) is 9.59 Å². The van der Waals surface area contributed by atoms with Crippen molar-refractivity contribution in [2.24, 2.45) is 0 Å². The van der Waals surface area contributed by atoms with Crippen LogP contribution in [0, 0.1) is 0 Å². The summed E-state index contributed by atoms with van der Waals surface area (Å²) in [5.74, 6) is -1.16. The molecule has 11 heteroatoms. The van der Waals surface area contributed by atoms with Gasteiger partial charge in [-0.3, -0.25) is 33.5 Å². The molecule has 0 unspecified atom stereocenters. The van der Waals surface area contributed by atoms with Crippen LogP contribution < -0.4 is 10.5 Å². The highest BCUT2D eigenvalue weighted by atomic mass is 16.3. The summed E-state index contributed by atoms with van der Waals surface area (Å²) in [6.45, 7) is 3.09. The first-order chi connectivity index (χ1) is 15.3. The number of piperazine rings is 1. The van der Waals surface area contributed by atoms with Gasteiger partial charge in [-0.2, -0.15) is 0 Å². The van der Waals surface area contributed by atoms with Crippen LogP contribution in [0.4, 0.5) is 10.6 Å². The summed E-state index contributed by atoms with van der Waals surface area (Å²) in [5, 5.41) is 9.18. The Morgan fingerprint density at radius 2 is 1.66 bits per heavy atom. The van der Waals surface area contributed by atoms with E-state index in [9.17, 15) is 24.3 Å². The van der Waals surface area contributed by atoms with E-state index in [1.165, 1.54) is 24.6 Å². The molecule has 0 spiro atoms. The van der Waals surface area contributed by atoms with Gasteiger partial charge in [-0.1, -0.05) is 6.07 Å². The van der Waals surface area contributed by atoms with E-state index in [0.717, 1.165) is 9.80 Å². The quantitative estimate of drug-likeness (QED) is 0.487. The number of β-amino-alcohol motifs (C(OH)–C–C–N with tert-alkyl or cyclic N) is 1. The lowest BCUT2D eigenvalue weighted by atomic mass is 10.1. The lowest BCUT2D eigenvalue weighted by Crippen LogP contribution is -2.53. The second kappa shape index (κ2) is 8.52. The number of nitrogens with zero attached hydrogens (tertiary/aromatic N) is 6. The minimum absolute atomic E-state index is 0.0664. The summed E-state index contributed by atoms with van der Waals surface area (Å²) in [5.41, 5.74) is -0.140. The number of barbiturate groups is 1. The molecule has 11 nitrogen and oxygen atoms in total. The topological polar surface area (TPSA) is 119 Å². The smallest absolute Gasteiger partial charge is 0.333 e. The Bertz CT molecular complexity index is 1150. The van der Waals surface area contributed by atoms with E-state index >= 15 is 0 Å². The molecule has 2 saturated heterocycles. The maximum Gasteiger partial charge on any atom is 0.333 e. The fourth-order valence-corrected chi connectivity index (χ4v) is 3.90. The number of carbonyl (C=O) groups excluding carboxylic acids is 3. The monoisotopic (exact) mass is 440 g/mol. The number of hydrogen-bond donors (Lipinski definition) is 1. The van der Waals surface area contributed by atoms with Crippen LogP contribution in [0.1, 0.15) is 5.56 Å². The number of aliphatic hydroxyl groups is 1. The first-order valence-corrected chi connectivity index (χ1v) is 10.2. The van der Waals surface area contributed by atoms with E-state index in [4.69, 9.17) is 0 Å². The van der Waals surface area contributed by atoms with Crippen molar-refractivity contribution in [2.45, 2.75) is 0 Å². The molecular weight excluding hydrogens is 416 g/mol. The third kappa shape index (κ3) is 3.65. The molecule has 4 amide bonds. The van der Waals surface area contributed by atoms with Crippen molar-refractivity contribution in [2.75, 3.05) is 58.3 Å². The number of carbonyl (C=O) groups is 3. The number of likely N-dealkylation sites (N-methyl/N-ethyl adjacent to an activating group) is 2. The number of urea groups is 1. The Morgan fingerprint density at radius 1 is 1.00 bits per heavy atom. The van der Waals surface area contributed by atoms with Gasteiger partial charge in [0.2, 0.25) is 0 Å². The molecule has 2 aromatic heterocycles. The van der Waals surface area contributed by atoms with Crippen LogP contribution in [0.25, 0.3) is 11.7 Å². The first kappa shape index (κ1) is 21.7. The average Bonchev–Trinajstić information content (AvgIpc) is 2.81. The third-order valence-corrected chi connectivity index (χ3v) is 5.77. The summed E-state index contributed by atoms with van der Waals surface area (Å²) in [6.07, 6.45) is 2.82. The van der Waals surface area contributed by atoms with E-state index in [0.29, 0.717) is 44.2 Å². The molecule has 2 aliphatic heterocycles. The van der Waals surface area contributed by atoms with Crippen molar-refractivity contribution >= 4 is 35.4 Å². The zero-order valence-corrected chi connectivity index (χ0v) is 17.9. The SMILES string of the molecule is CN1C(=O)C(=Cc2c(N3CCN(CCO)CC3)nc3ccccn3c2=O)C(=O)N(C)C1=O. The predicted octanol–water partition coefficient (Wildman–Crippen LogP) is -0.757. The minimum atomic E-state index is -0.769. The van der Waals surface area contributed by atoms with Crippen molar-refractivity contribution in [3.63, 3.8) is 0 Å². The van der Waals surface area contributed by atoms with Crippen molar-refractivity contribution in [1.29, 1.82) is 0 Å². The molecule has 0 radical (unpaired) electrons. The van der Waals surface area contributed by atoms with Gasteiger partial charge in [-0.25, -0.2) is 9.78 Å². The fourth-order valence-electron chi connectivity index (χ4n) is 3.90. The number of aromatic nitrogens is 2. The van der Waals surface area contributed by atoms with Gasteiger partial charge in [0, 0.05) is 53.0 Å². The Morgan fingerprint density at radius 3 is 2.28 bits per heavy atom. The zero-order valence-electron chi connectivity index (χ0n) is 17.9. The molecule has 0 bridgehead atoms. The normalized spacial score (nSPS) is 18.2. The average molecular weight is 440 g/mol. The number of rotatable bonds is 4. The Hall–Kier alpha value is -3.57. The number of aliphatic hydroxyl groups excluding tert-OH is 1. The predicted molar refractivity (Wildman–Crippen MR) is 116 cm³/mol. The molecule has 4 rings (SSSR count). The van der Waals surface area contributed by atoms with Crippen LogP contribution in [0.15, 0.2) is 34.8 Å². The van der Waals surface area contributed by atoms with Crippen molar-refractivity contribution in [1.82, 2.24) is 24.1 Å². The number of fused-ring (bicyclic) bond motifs is 1. The van der Waals surface area contributed by atoms with E-state index in [1.54, 1.807) is 24.4 Å². The maximum atomic E-state index is 13.4. The summed E-state index contributed by atoms with van der Waals surface area (Å²) < 4.78 is 1.36. The van der Waals surface area contributed by atoms with Gasteiger partial charge in [-0.05, 0) is 18.2 Å². The number of anilines is 1. The van der Waals surface area contributed by atoms with Crippen molar-refractivity contribution < 1.29 is 19.5 Å². The summed E-state index contributed by atoms with van der Waals surface area (Å²) in [6, 6.07) is 4.44. The largest absolute Gasteiger partial charge is 0.395 e. The van der Waals surface area contributed by atoms with Crippen molar-refractivity contribution in [3.8, 4) is 0 Å². The highest BCUT2D eigenvalue weighted by Gasteiger charge is 2.38. The molecule has 32 heavy (non-hydrogen) atoms. The van der Waals surface area contributed by atoms with Gasteiger partial charge in [0.25, 0.3) is 17.4 Å². The molecular formula is C21H24N6O5. The number of pyridine rings is 1. The fraction of sp³-hybridized carbons (Fsp3) is 0.381. The van der Waals surface area contributed by atoms with Gasteiger partial charge >= 0.3 is 6.03 Å². The van der Waals surface area contributed by atoms with Gasteiger partial charge < -0.3 is 10.0 Å².